The number of nitrogens with one attached hydrogen (secondary N) is 1. The maximum atomic E-state index is 12.8. The van der Waals surface area contributed by atoms with Gasteiger partial charge in [-0.3, -0.25) is 4.79 Å². The fourth-order valence-corrected chi connectivity index (χ4v) is 2.27. The molecule has 1 aliphatic carbocycles. The van der Waals surface area contributed by atoms with E-state index in [2.05, 4.69) is 5.32 Å². The number of carboxylic acids is 1. The molecule has 0 aliphatic heterocycles. The molecule has 1 aromatic rings. The van der Waals surface area contributed by atoms with E-state index < -0.39 is 23.3 Å². The molecule has 0 heterocycles. The van der Waals surface area contributed by atoms with E-state index >= 15 is 0 Å². The SMILES string of the molecule is COCCC1(C(=O)NCC(Oc2ccc(F)cc2)C(=O)O)CC1. The smallest absolute Gasteiger partial charge is 0.346 e. The van der Waals surface area contributed by atoms with Gasteiger partial charge in [0.1, 0.15) is 11.6 Å². The Morgan fingerprint density at radius 1 is 1.35 bits per heavy atom. The van der Waals surface area contributed by atoms with Crippen LogP contribution in [0.1, 0.15) is 19.3 Å². The minimum Gasteiger partial charge on any atom is -0.478 e. The highest BCUT2D eigenvalue weighted by Gasteiger charge is 2.49. The monoisotopic (exact) mass is 325 g/mol. The molecule has 0 aromatic heterocycles. The second-order valence-corrected chi connectivity index (χ2v) is 5.63. The summed E-state index contributed by atoms with van der Waals surface area (Å²) >= 11 is 0. The fourth-order valence-electron chi connectivity index (χ4n) is 2.27. The zero-order valence-electron chi connectivity index (χ0n) is 12.9. The number of rotatable bonds is 9. The van der Waals surface area contributed by atoms with E-state index in [1.807, 2.05) is 0 Å². The molecule has 1 fully saturated rings. The number of carbonyl (C=O) groups excluding carboxylic acids is 1. The third kappa shape index (κ3) is 4.66. The molecule has 0 bridgehead atoms. The lowest BCUT2D eigenvalue weighted by Crippen LogP contribution is -2.43. The standard InChI is InChI=1S/C16H20FNO5/c1-22-9-8-16(6-7-16)15(21)18-10-13(14(19)20)23-12-4-2-11(17)3-5-12/h2-5,13H,6-10H2,1H3,(H,18,21)(H,19,20). The van der Waals surface area contributed by atoms with Gasteiger partial charge in [-0.25, -0.2) is 9.18 Å². The highest BCUT2D eigenvalue weighted by atomic mass is 19.1. The van der Waals surface area contributed by atoms with Crippen molar-refractivity contribution in [1.82, 2.24) is 5.32 Å². The number of aliphatic carboxylic acids is 1. The van der Waals surface area contributed by atoms with Crippen LogP contribution in [0, 0.1) is 11.2 Å². The number of carbonyl (C=O) groups is 2. The summed E-state index contributed by atoms with van der Waals surface area (Å²) in [6, 6.07) is 5.04. The lowest BCUT2D eigenvalue weighted by Gasteiger charge is -2.19. The molecule has 2 N–H and O–H groups in total. The molecule has 126 valence electrons. The summed E-state index contributed by atoms with van der Waals surface area (Å²) in [5, 5.41) is 11.8. The van der Waals surface area contributed by atoms with Crippen molar-refractivity contribution >= 4 is 11.9 Å². The van der Waals surface area contributed by atoms with Crippen LogP contribution in [0.25, 0.3) is 0 Å². The molecule has 1 atom stereocenters. The molecule has 1 amide bonds. The van der Waals surface area contributed by atoms with Crippen LogP contribution < -0.4 is 10.1 Å². The van der Waals surface area contributed by atoms with E-state index in [9.17, 15) is 19.1 Å². The maximum Gasteiger partial charge on any atom is 0.346 e. The second kappa shape index (κ2) is 7.41. The van der Waals surface area contributed by atoms with E-state index in [4.69, 9.17) is 9.47 Å². The predicted molar refractivity (Wildman–Crippen MR) is 79.6 cm³/mol. The van der Waals surface area contributed by atoms with Gasteiger partial charge in [-0.1, -0.05) is 0 Å². The molecular formula is C16H20FNO5. The van der Waals surface area contributed by atoms with Crippen molar-refractivity contribution < 1.29 is 28.6 Å². The van der Waals surface area contributed by atoms with Gasteiger partial charge in [-0.15, -0.1) is 0 Å². The first-order valence-electron chi connectivity index (χ1n) is 7.39. The third-order valence-corrected chi connectivity index (χ3v) is 3.94. The number of benzene rings is 1. The van der Waals surface area contributed by atoms with Gasteiger partial charge in [0.25, 0.3) is 0 Å². The first-order valence-corrected chi connectivity index (χ1v) is 7.39. The van der Waals surface area contributed by atoms with Crippen molar-refractivity contribution in [2.24, 2.45) is 5.41 Å². The van der Waals surface area contributed by atoms with Crippen LogP contribution >= 0.6 is 0 Å². The Kier molecular flexibility index (Phi) is 5.54. The normalized spacial score (nSPS) is 16.4. The van der Waals surface area contributed by atoms with Gasteiger partial charge in [-0.05, 0) is 43.5 Å². The predicted octanol–water partition coefficient (Wildman–Crippen LogP) is 1.59. The van der Waals surface area contributed by atoms with Crippen LogP contribution in [0.3, 0.4) is 0 Å². The van der Waals surface area contributed by atoms with Crippen LogP contribution in [-0.4, -0.2) is 43.3 Å². The summed E-state index contributed by atoms with van der Waals surface area (Å²) in [4.78, 5) is 23.4. The molecule has 1 aliphatic rings. The lowest BCUT2D eigenvalue weighted by molar-refractivity contribution is -0.145. The summed E-state index contributed by atoms with van der Waals surface area (Å²) in [5.74, 6) is -1.58. The Morgan fingerprint density at radius 3 is 2.52 bits per heavy atom. The van der Waals surface area contributed by atoms with Crippen LogP contribution in [0.15, 0.2) is 24.3 Å². The van der Waals surface area contributed by atoms with Crippen LogP contribution in [0.5, 0.6) is 5.75 Å². The van der Waals surface area contributed by atoms with E-state index in [0.29, 0.717) is 13.0 Å². The van der Waals surface area contributed by atoms with Crippen LogP contribution in [-0.2, 0) is 14.3 Å². The Balaban J connectivity index is 1.88. The van der Waals surface area contributed by atoms with E-state index in [1.165, 1.54) is 24.3 Å². The molecule has 1 saturated carbocycles. The molecule has 0 spiro atoms. The molecule has 23 heavy (non-hydrogen) atoms. The molecule has 0 saturated heterocycles. The van der Waals surface area contributed by atoms with Crippen molar-refractivity contribution in [3.05, 3.63) is 30.1 Å². The minimum absolute atomic E-state index is 0.153. The summed E-state index contributed by atoms with van der Waals surface area (Å²) < 4.78 is 23.1. The molecule has 1 unspecified atom stereocenters. The second-order valence-electron chi connectivity index (χ2n) is 5.63. The minimum atomic E-state index is -1.23. The lowest BCUT2D eigenvalue weighted by atomic mass is 10.0. The molecule has 2 rings (SSSR count). The number of ether oxygens (including phenoxy) is 2. The van der Waals surface area contributed by atoms with Crippen molar-refractivity contribution in [3.8, 4) is 5.75 Å². The Labute approximate surface area is 133 Å². The first kappa shape index (κ1) is 17.2. The van der Waals surface area contributed by atoms with Gasteiger partial charge in [0.05, 0.1) is 12.0 Å². The van der Waals surface area contributed by atoms with Crippen LogP contribution in [0.2, 0.25) is 0 Å². The van der Waals surface area contributed by atoms with Gasteiger partial charge in [0.2, 0.25) is 12.0 Å². The molecular weight excluding hydrogens is 305 g/mol. The zero-order chi connectivity index (χ0) is 16.9. The quantitative estimate of drug-likeness (QED) is 0.720. The highest BCUT2D eigenvalue weighted by molar-refractivity contribution is 5.86. The fraction of sp³-hybridized carbons (Fsp3) is 0.500. The summed E-state index contributed by atoms with van der Waals surface area (Å²) in [7, 11) is 1.57. The van der Waals surface area contributed by atoms with E-state index in [-0.39, 0.29) is 18.2 Å². The number of hydrogen-bond acceptors (Lipinski definition) is 4. The van der Waals surface area contributed by atoms with Crippen molar-refractivity contribution in [2.75, 3.05) is 20.3 Å². The van der Waals surface area contributed by atoms with Crippen molar-refractivity contribution in [3.63, 3.8) is 0 Å². The number of methoxy groups -OCH3 is 1. The zero-order valence-corrected chi connectivity index (χ0v) is 12.9. The Morgan fingerprint density at radius 2 is 2.00 bits per heavy atom. The highest BCUT2D eigenvalue weighted by Crippen LogP contribution is 2.48. The molecule has 1 aromatic carbocycles. The van der Waals surface area contributed by atoms with Gasteiger partial charge >= 0.3 is 5.97 Å². The summed E-state index contributed by atoms with van der Waals surface area (Å²) in [5.41, 5.74) is -0.436. The number of amides is 1. The summed E-state index contributed by atoms with van der Waals surface area (Å²) in [6.07, 6.45) is 0.936. The topological polar surface area (TPSA) is 84.9 Å². The van der Waals surface area contributed by atoms with E-state index in [0.717, 1.165) is 12.8 Å². The third-order valence-electron chi connectivity index (χ3n) is 3.94. The number of hydrogen-bond donors (Lipinski definition) is 2. The van der Waals surface area contributed by atoms with Crippen molar-refractivity contribution in [2.45, 2.75) is 25.4 Å². The molecule has 6 nitrogen and oxygen atoms in total. The van der Waals surface area contributed by atoms with E-state index in [1.54, 1.807) is 7.11 Å². The first-order chi connectivity index (χ1) is 11.0. The van der Waals surface area contributed by atoms with Crippen molar-refractivity contribution in [1.29, 1.82) is 0 Å². The van der Waals surface area contributed by atoms with Gasteiger partial charge < -0.3 is 19.9 Å². The Hall–Kier alpha value is -2.15. The summed E-state index contributed by atoms with van der Waals surface area (Å²) in [6.45, 7) is 0.335. The largest absolute Gasteiger partial charge is 0.478 e. The van der Waals surface area contributed by atoms with Gasteiger partial charge in [0, 0.05) is 13.7 Å². The van der Waals surface area contributed by atoms with Gasteiger partial charge in [-0.2, -0.15) is 0 Å². The van der Waals surface area contributed by atoms with Crippen LogP contribution in [0.4, 0.5) is 4.39 Å². The Bertz CT molecular complexity index is 556. The van der Waals surface area contributed by atoms with Gasteiger partial charge in [0.15, 0.2) is 0 Å². The average molecular weight is 325 g/mol. The molecule has 7 heteroatoms. The average Bonchev–Trinajstić information content (AvgIpc) is 3.32. The number of halogens is 1. The number of carboxylic acid groups (broad SMARTS) is 1. The molecule has 0 radical (unpaired) electrons. The maximum absolute atomic E-state index is 12.8.